The minimum absolute atomic E-state index is 0.167. The lowest BCUT2D eigenvalue weighted by Gasteiger charge is -2.19. The molecule has 0 fully saturated rings. The molecule has 0 radical (unpaired) electrons. The van der Waals surface area contributed by atoms with Crippen molar-refractivity contribution in [2.75, 3.05) is 12.0 Å². The van der Waals surface area contributed by atoms with E-state index in [1.807, 2.05) is 0 Å². The van der Waals surface area contributed by atoms with E-state index < -0.39 is 68.5 Å². The van der Waals surface area contributed by atoms with Crippen LogP contribution in [0.15, 0.2) is 36.4 Å². The fourth-order valence-corrected chi connectivity index (χ4v) is 4.47. The van der Waals surface area contributed by atoms with Crippen molar-refractivity contribution < 1.29 is 44.3 Å². The third-order valence-electron chi connectivity index (χ3n) is 4.91. The van der Waals surface area contributed by atoms with Gasteiger partial charge in [-0.1, -0.05) is 53.0 Å². The van der Waals surface area contributed by atoms with Crippen molar-refractivity contribution in [1.82, 2.24) is 10.6 Å². The maximum atomic E-state index is 13.7. The number of allylic oxidation sites excluding steroid dienone is 1. The van der Waals surface area contributed by atoms with Crippen LogP contribution in [0.1, 0.15) is 39.9 Å². The maximum Gasteiger partial charge on any atom is 0.417 e. The van der Waals surface area contributed by atoms with E-state index in [0.717, 1.165) is 36.6 Å². The van der Waals surface area contributed by atoms with Crippen LogP contribution in [0.3, 0.4) is 0 Å². The molecular formula is C23H19Cl3F6N2O4S. The number of rotatable bonds is 8. The molecule has 16 heteroatoms. The van der Waals surface area contributed by atoms with Crippen molar-refractivity contribution in [3.05, 3.63) is 73.7 Å². The van der Waals surface area contributed by atoms with E-state index in [1.165, 1.54) is 6.92 Å². The Labute approximate surface area is 234 Å². The number of halogens is 9. The molecule has 214 valence electrons. The van der Waals surface area contributed by atoms with Gasteiger partial charge in [0, 0.05) is 6.26 Å². The van der Waals surface area contributed by atoms with Crippen molar-refractivity contribution >= 4 is 62.5 Å². The van der Waals surface area contributed by atoms with Crippen LogP contribution in [0.25, 0.3) is 6.08 Å². The quantitative estimate of drug-likeness (QED) is 0.203. The normalized spacial score (nSPS) is 14.2. The van der Waals surface area contributed by atoms with E-state index in [9.17, 15) is 44.3 Å². The number of hydrogen-bond acceptors (Lipinski definition) is 4. The SMILES string of the molecule is C[C@H](NC(=O)CS(C)(=O)=O)NC(=O)c1ccc(C=CC(c2cc(Cl)c(Cl)c(Cl)c2)C(F)(F)F)cc1C(F)(F)F. The number of alkyl halides is 6. The largest absolute Gasteiger partial charge is 0.417 e. The minimum Gasteiger partial charge on any atom is -0.335 e. The lowest BCUT2D eigenvalue weighted by molar-refractivity contribution is -0.139. The van der Waals surface area contributed by atoms with Gasteiger partial charge in [-0.25, -0.2) is 8.42 Å². The molecule has 0 heterocycles. The van der Waals surface area contributed by atoms with Crippen molar-refractivity contribution in [2.45, 2.75) is 31.4 Å². The van der Waals surface area contributed by atoms with Crippen LogP contribution in [0, 0.1) is 0 Å². The number of carbonyl (C=O) groups excluding carboxylic acids is 2. The molecule has 6 nitrogen and oxygen atoms in total. The zero-order valence-electron chi connectivity index (χ0n) is 19.8. The standard InChI is InChI=1S/C23H19Cl3F6N2O4S/c1-11(33-19(35)10-39(2,37)38)34-21(36)14-5-3-12(7-16(14)23(30,31)32)4-6-15(22(27,28)29)13-8-17(24)20(26)18(25)9-13/h3-9,11,15H,10H2,1-2H3,(H,33,35)(H,34,36)/t11-,15?/m1/s1. The molecule has 2 N–H and O–H groups in total. The molecule has 2 aromatic rings. The Balaban J connectivity index is 2.37. The van der Waals surface area contributed by atoms with Crippen LogP contribution < -0.4 is 10.6 Å². The summed E-state index contributed by atoms with van der Waals surface area (Å²) in [6.45, 7) is 1.19. The Kier molecular flexibility index (Phi) is 10.4. The van der Waals surface area contributed by atoms with Gasteiger partial charge in [0.25, 0.3) is 5.91 Å². The Morgan fingerprint density at radius 2 is 1.54 bits per heavy atom. The zero-order valence-corrected chi connectivity index (χ0v) is 22.9. The highest BCUT2D eigenvalue weighted by Gasteiger charge is 2.40. The Morgan fingerprint density at radius 1 is 0.974 bits per heavy atom. The molecule has 2 aromatic carbocycles. The lowest BCUT2D eigenvalue weighted by atomic mass is 9.96. The number of amides is 2. The first kappa shape index (κ1) is 32.7. The molecule has 2 rings (SSSR count). The van der Waals surface area contributed by atoms with Gasteiger partial charge in [-0.05, 0) is 42.3 Å². The van der Waals surface area contributed by atoms with Gasteiger partial charge in [0.1, 0.15) is 5.75 Å². The summed E-state index contributed by atoms with van der Waals surface area (Å²) in [6.07, 6.45) is -9.03. The molecular weight excluding hydrogens is 621 g/mol. The van der Waals surface area contributed by atoms with E-state index in [-0.39, 0.29) is 20.6 Å². The van der Waals surface area contributed by atoms with E-state index in [4.69, 9.17) is 34.8 Å². The molecule has 0 aliphatic rings. The van der Waals surface area contributed by atoms with Gasteiger partial charge in [-0.2, -0.15) is 26.3 Å². The van der Waals surface area contributed by atoms with E-state index in [2.05, 4.69) is 10.6 Å². The summed E-state index contributed by atoms with van der Waals surface area (Å²) in [5.74, 6) is -5.48. The number of nitrogens with one attached hydrogen (secondary N) is 2. The molecule has 0 saturated heterocycles. The third-order valence-corrected chi connectivity index (χ3v) is 6.89. The van der Waals surface area contributed by atoms with Crippen molar-refractivity contribution in [3.8, 4) is 0 Å². The molecule has 0 aliphatic heterocycles. The number of carbonyl (C=O) groups is 2. The second-order valence-corrected chi connectivity index (χ2v) is 11.6. The van der Waals surface area contributed by atoms with Crippen LogP contribution in [-0.4, -0.2) is 44.6 Å². The zero-order chi connectivity index (χ0) is 29.9. The molecule has 0 aromatic heterocycles. The Bertz CT molecular complexity index is 1370. The highest BCUT2D eigenvalue weighted by atomic mass is 35.5. The molecule has 1 unspecified atom stereocenters. The van der Waals surface area contributed by atoms with Crippen LogP contribution >= 0.6 is 34.8 Å². The molecule has 0 spiro atoms. The predicted octanol–water partition coefficient (Wildman–Crippen LogP) is 6.26. The van der Waals surface area contributed by atoms with Crippen molar-refractivity contribution in [1.29, 1.82) is 0 Å². The van der Waals surface area contributed by atoms with Gasteiger partial charge >= 0.3 is 12.4 Å². The predicted molar refractivity (Wildman–Crippen MR) is 136 cm³/mol. The lowest BCUT2D eigenvalue weighted by Crippen LogP contribution is -2.47. The molecule has 2 amide bonds. The van der Waals surface area contributed by atoms with E-state index in [1.54, 1.807) is 0 Å². The minimum atomic E-state index is -5.08. The summed E-state index contributed by atoms with van der Waals surface area (Å²) < 4.78 is 105. The average molecular weight is 640 g/mol. The summed E-state index contributed by atoms with van der Waals surface area (Å²) in [5.41, 5.74) is -3.06. The van der Waals surface area contributed by atoms with Gasteiger partial charge in [0.2, 0.25) is 5.91 Å². The fourth-order valence-electron chi connectivity index (χ4n) is 3.30. The van der Waals surface area contributed by atoms with Crippen LogP contribution in [0.5, 0.6) is 0 Å². The second-order valence-electron chi connectivity index (χ2n) is 8.31. The first-order valence-electron chi connectivity index (χ1n) is 10.6. The van der Waals surface area contributed by atoms with Gasteiger partial charge in [0.15, 0.2) is 9.84 Å². The first-order chi connectivity index (χ1) is 17.7. The van der Waals surface area contributed by atoms with E-state index >= 15 is 0 Å². The van der Waals surface area contributed by atoms with Gasteiger partial charge < -0.3 is 10.6 Å². The number of hydrogen-bond donors (Lipinski definition) is 2. The van der Waals surface area contributed by atoms with Gasteiger partial charge in [-0.3, -0.25) is 9.59 Å². The summed E-state index contributed by atoms with van der Waals surface area (Å²) in [7, 11) is -3.69. The molecule has 0 aliphatic carbocycles. The second kappa shape index (κ2) is 12.4. The summed E-state index contributed by atoms with van der Waals surface area (Å²) >= 11 is 17.4. The Hall–Kier alpha value is -2.48. The molecule has 2 atom stereocenters. The average Bonchev–Trinajstić information content (AvgIpc) is 2.74. The van der Waals surface area contributed by atoms with Crippen LogP contribution in [0.4, 0.5) is 26.3 Å². The van der Waals surface area contributed by atoms with Crippen LogP contribution in [-0.2, 0) is 20.8 Å². The van der Waals surface area contributed by atoms with Crippen LogP contribution in [0.2, 0.25) is 15.1 Å². The highest BCUT2D eigenvalue weighted by molar-refractivity contribution is 7.91. The van der Waals surface area contributed by atoms with E-state index in [0.29, 0.717) is 12.1 Å². The third kappa shape index (κ3) is 9.59. The van der Waals surface area contributed by atoms with Crippen molar-refractivity contribution in [2.24, 2.45) is 0 Å². The maximum absolute atomic E-state index is 13.7. The van der Waals surface area contributed by atoms with Gasteiger partial charge in [-0.15, -0.1) is 0 Å². The van der Waals surface area contributed by atoms with Gasteiger partial charge in [0.05, 0.1) is 38.3 Å². The molecule has 39 heavy (non-hydrogen) atoms. The summed E-state index contributed by atoms with van der Waals surface area (Å²) in [6, 6.07) is 4.09. The number of sulfone groups is 1. The topological polar surface area (TPSA) is 92.3 Å². The highest BCUT2D eigenvalue weighted by Crippen LogP contribution is 2.41. The van der Waals surface area contributed by atoms with Crippen molar-refractivity contribution in [3.63, 3.8) is 0 Å². The molecule has 0 bridgehead atoms. The smallest absolute Gasteiger partial charge is 0.335 e. The number of benzene rings is 2. The summed E-state index contributed by atoms with van der Waals surface area (Å²) in [5, 5.41) is 3.52. The fraction of sp³-hybridized carbons (Fsp3) is 0.304. The molecule has 0 saturated carbocycles. The monoisotopic (exact) mass is 638 g/mol. The summed E-state index contributed by atoms with van der Waals surface area (Å²) in [4.78, 5) is 24.2. The Morgan fingerprint density at radius 3 is 2.03 bits per heavy atom. The first-order valence-corrected chi connectivity index (χ1v) is 13.8.